The molecule has 4 heteroatoms. The van der Waals surface area contributed by atoms with Crippen molar-refractivity contribution >= 4 is 5.91 Å². The van der Waals surface area contributed by atoms with Crippen LogP contribution in [0.5, 0.6) is 5.75 Å². The molecule has 3 fully saturated rings. The Morgan fingerprint density at radius 2 is 1.92 bits per heavy atom. The SMILES string of the molecule is O=C(c1ccc(OC[C@@H]2CCCO2)cc1)N1CC[C@@H]2CCCC[C@H]21. The normalized spacial score (nSPS) is 29.5. The average molecular weight is 329 g/mol. The molecule has 1 aromatic carbocycles. The molecule has 0 N–H and O–H groups in total. The number of amides is 1. The van der Waals surface area contributed by atoms with Crippen LogP contribution in [0.1, 0.15) is 55.3 Å². The standard InChI is InChI=1S/C20H27NO3/c22-20(21-12-11-15-4-1-2-6-19(15)21)16-7-9-17(10-8-16)24-14-18-5-3-13-23-18/h7-10,15,18-19H,1-6,11-14H2/t15-,18-,19+/m0/s1. The molecule has 3 atom stereocenters. The summed E-state index contributed by atoms with van der Waals surface area (Å²) in [5, 5.41) is 0. The lowest BCUT2D eigenvalue weighted by Crippen LogP contribution is -2.39. The van der Waals surface area contributed by atoms with Gasteiger partial charge in [-0.05, 0) is 62.3 Å². The quantitative estimate of drug-likeness (QED) is 0.846. The molecule has 24 heavy (non-hydrogen) atoms. The Labute approximate surface area is 144 Å². The molecule has 1 amide bonds. The molecule has 2 aliphatic heterocycles. The molecule has 1 aromatic rings. The second kappa shape index (κ2) is 7.14. The number of fused-ring (bicyclic) bond motifs is 1. The van der Waals surface area contributed by atoms with Crippen LogP contribution in [0.15, 0.2) is 24.3 Å². The van der Waals surface area contributed by atoms with Gasteiger partial charge in [0.15, 0.2) is 0 Å². The number of ether oxygens (including phenoxy) is 2. The predicted octanol–water partition coefficient (Wildman–Crippen LogP) is 3.65. The van der Waals surface area contributed by atoms with Gasteiger partial charge < -0.3 is 14.4 Å². The van der Waals surface area contributed by atoms with E-state index in [0.29, 0.717) is 12.6 Å². The monoisotopic (exact) mass is 329 g/mol. The first-order chi connectivity index (χ1) is 11.8. The van der Waals surface area contributed by atoms with Gasteiger partial charge in [-0.1, -0.05) is 12.8 Å². The maximum Gasteiger partial charge on any atom is 0.254 e. The fourth-order valence-electron chi connectivity index (χ4n) is 4.48. The molecule has 0 aromatic heterocycles. The van der Waals surface area contributed by atoms with Gasteiger partial charge in [0.25, 0.3) is 5.91 Å². The third-order valence-corrected chi connectivity index (χ3v) is 5.83. The van der Waals surface area contributed by atoms with E-state index in [-0.39, 0.29) is 12.0 Å². The van der Waals surface area contributed by atoms with E-state index in [1.165, 1.54) is 32.1 Å². The lowest BCUT2D eigenvalue weighted by molar-refractivity contribution is 0.0674. The van der Waals surface area contributed by atoms with Crippen LogP contribution in [-0.2, 0) is 4.74 Å². The van der Waals surface area contributed by atoms with Gasteiger partial charge in [0, 0.05) is 24.8 Å². The van der Waals surface area contributed by atoms with Crippen molar-refractivity contribution in [2.24, 2.45) is 5.92 Å². The van der Waals surface area contributed by atoms with Crippen molar-refractivity contribution in [3.8, 4) is 5.75 Å². The highest BCUT2D eigenvalue weighted by Gasteiger charge is 2.38. The summed E-state index contributed by atoms with van der Waals surface area (Å²) in [4.78, 5) is 15.0. The highest BCUT2D eigenvalue weighted by atomic mass is 16.5. The van der Waals surface area contributed by atoms with Crippen LogP contribution in [0.3, 0.4) is 0 Å². The maximum atomic E-state index is 12.8. The Balaban J connectivity index is 1.36. The molecule has 1 aliphatic carbocycles. The van der Waals surface area contributed by atoms with Gasteiger partial charge in [-0.3, -0.25) is 4.79 Å². The van der Waals surface area contributed by atoms with Gasteiger partial charge in [-0.2, -0.15) is 0 Å². The van der Waals surface area contributed by atoms with Crippen LogP contribution >= 0.6 is 0 Å². The number of hydrogen-bond acceptors (Lipinski definition) is 3. The van der Waals surface area contributed by atoms with Crippen LogP contribution in [0.4, 0.5) is 0 Å². The fraction of sp³-hybridized carbons (Fsp3) is 0.650. The molecule has 4 rings (SSSR count). The van der Waals surface area contributed by atoms with E-state index >= 15 is 0 Å². The maximum absolute atomic E-state index is 12.8. The smallest absolute Gasteiger partial charge is 0.254 e. The number of benzene rings is 1. The van der Waals surface area contributed by atoms with E-state index in [9.17, 15) is 4.79 Å². The second-order valence-corrected chi connectivity index (χ2v) is 7.37. The molecule has 130 valence electrons. The van der Waals surface area contributed by atoms with Gasteiger partial charge in [-0.15, -0.1) is 0 Å². The molecule has 4 nitrogen and oxygen atoms in total. The third kappa shape index (κ3) is 3.30. The van der Waals surface area contributed by atoms with Crippen LogP contribution in [0, 0.1) is 5.92 Å². The number of carbonyl (C=O) groups excluding carboxylic acids is 1. The largest absolute Gasteiger partial charge is 0.491 e. The lowest BCUT2D eigenvalue weighted by Gasteiger charge is -2.31. The van der Waals surface area contributed by atoms with Gasteiger partial charge in [0.1, 0.15) is 12.4 Å². The number of rotatable bonds is 4. The van der Waals surface area contributed by atoms with Crippen molar-refractivity contribution in [1.29, 1.82) is 0 Å². The number of nitrogens with zero attached hydrogens (tertiary/aromatic N) is 1. The first-order valence-electron chi connectivity index (χ1n) is 9.47. The first-order valence-corrected chi connectivity index (χ1v) is 9.47. The number of carbonyl (C=O) groups is 1. The first kappa shape index (κ1) is 15.9. The van der Waals surface area contributed by atoms with Crippen LogP contribution in [0.25, 0.3) is 0 Å². The predicted molar refractivity (Wildman–Crippen MR) is 92.3 cm³/mol. The van der Waals surface area contributed by atoms with E-state index in [0.717, 1.165) is 43.2 Å². The van der Waals surface area contributed by atoms with Gasteiger partial charge in [-0.25, -0.2) is 0 Å². The van der Waals surface area contributed by atoms with Crippen molar-refractivity contribution < 1.29 is 14.3 Å². The summed E-state index contributed by atoms with van der Waals surface area (Å²) >= 11 is 0. The van der Waals surface area contributed by atoms with Gasteiger partial charge >= 0.3 is 0 Å². The average Bonchev–Trinajstić information content (AvgIpc) is 3.29. The minimum Gasteiger partial charge on any atom is -0.491 e. The molecule has 0 spiro atoms. The molecule has 0 unspecified atom stereocenters. The van der Waals surface area contributed by atoms with Crippen LogP contribution in [0.2, 0.25) is 0 Å². The Hall–Kier alpha value is -1.55. The zero-order valence-corrected chi connectivity index (χ0v) is 14.3. The van der Waals surface area contributed by atoms with E-state index in [1.54, 1.807) is 0 Å². The third-order valence-electron chi connectivity index (χ3n) is 5.83. The van der Waals surface area contributed by atoms with Crippen LogP contribution in [-0.4, -0.2) is 42.7 Å². The van der Waals surface area contributed by atoms with Gasteiger partial charge in [0.05, 0.1) is 6.10 Å². The van der Waals surface area contributed by atoms with E-state index in [1.807, 2.05) is 24.3 Å². The van der Waals surface area contributed by atoms with Crippen molar-refractivity contribution in [3.63, 3.8) is 0 Å². The Morgan fingerprint density at radius 1 is 1.08 bits per heavy atom. The Kier molecular flexibility index (Phi) is 4.74. The van der Waals surface area contributed by atoms with Crippen LogP contribution < -0.4 is 4.74 Å². The van der Waals surface area contributed by atoms with Crippen molar-refractivity contribution in [1.82, 2.24) is 4.90 Å². The second-order valence-electron chi connectivity index (χ2n) is 7.37. The topological polar surface area (TPSA) is 38.8 Å². The summed E-state index contributed by atoms with van der Waals surface area (Å²) < 4.78 is 11.4. The minimum atomic E-state index is 0.190. The zero-order valence-electron chi connectivity index (χ0n) is 14.3. The number of likely N-dealkylation sites (tertiary alicyclic amines) is 1. The van der Waals surface area contributed by atoms with E-state index < -0.39 is 0 Å². The molecule has 0 bridgehead atoms. The highest BCUT2D eigenvalue weighted by molar-refractivity contribution is 5.94. The summed E-state index contributed by atoms with van der Waals surface area (Å²) in [7, 11) is 0. The van der Waals surface area contributed by atoms with Crippen molar-refractivity contribution in [2.75, 3.05) is 19.8 Å². The molecule has 2 heterocycles. The number of hydrogen-bond donors (Lipinski definition) is 0. The minimum absolute atomic E-state index is 0.190. The highest BCUT2D eigenvalue weighted by Crippen LogP contribution is 2.36. The van der Waals surface area contributed by atoms with Crippen molar-refractivity contribution in [3.05, 3.63) is 29.8 Å². The zero-order chi connectivity index (χ0) is 16.4. The summed E-state index contributed by atoms with van der Waals surface area (Å²) in [5.74, 6) is 1.74. The summed E-state index contributed by atoms with van der Waals surface area (Å²) in [5.41, 5.74) is 0.783. The summed E-state index contributed by atoms with van der Waals surface area (Å²) in [6.07, 6.45) is 8.68. The summed E-state index contributed by atoms with van der Waals surface area (Å²) in [6, 6.07) is 8.11. The molecule has 2 saturated heterocycles. The summed E-state index contributed by atoms with van der Waals surface area (Å²) in [6.45, 7) is 2.37. The Morgan fingerprint density at radius 3 is 2.71 bits per heavy atom. The Bertz CT molecular complexity index is 565. The van der Waals surface area contributed by atoms with Crippen molar-refractivity contribution in [2.45, 2.75) is 57.1 Å². The fourth-order valence-corrected chi connectivity index (χ4v) is 4.48. The molecule has 1 saturated carbocycles. The van der Waals surface area contributed by atoms with Gasteiger partial charge in [0.2, 0.25) is 0 Å². The lowest BCUT2D eigenvalue weighted by atomic mass is 9.85. The van der Waals surface area contributed by atoms with E-state index in [2.05, 4.69) is 4.90 Å². The molecule has 0 radical (unpaired) electrons. The molecular formula is C20H27NO3. The molecular weight excluding hydrogens is 302 g/mol. The van der Waals surface area contributed by atoms with E-state index in [4.69, 9.17) is 9.47 Å². The molecule has 3 aliphatic rings.